The first kappa shape index (κ1) is 16.2. The van der Waals surface area contributed by atoms with Crippen LogP contribution in [-0.2, 0) is 9.53 Å². The van der Waals surface area contributed by atoms with Crippen molar-refractivity contribution in [3.05, 3.63) is 33.3 Å². The zero-order valence-electron chi connectivity index (χ0n) is 10.7. The fourth-order valence-corrected chi connectivity index (χ4v) is 2.10. The van der Waals surface area contributed by atoms with Crippen molar-refractivity contribution in [2.75, 3.05) is 6.61 Å². The van der Waals surface area contributed by atoms with E-state index in [-0.39, 0.29) is 24.6 Å². The molecule has 5 heteroatoms. The van der Waals surface area contributed by atoms with E-state index in [0.717, 1.165) is 12.8 Å². The van der Waals surface area contributed by atoms with Gasteiger partial charge in [0.2, 0.25) is 0 Å². The lowest BCUT2D eigenvalue weighted by Gasteiger charge is -2.05. The molecule has 0 bridgehead atoms. The zero-order chi connectivity index (χ0) is 14.3. The topological polar surface area (TPSA) is 43.4 Å². The third-order valence-electron chi connectivity index (χ3n) is 2.55. The number of esters is 1. The van der Waals surface area contributed by atoms with Gasteiger partial charge in [-0.2, -0.15) is 0 Å². The van der Waals surface area contributed by atoms with Gasteiger partial charge >= 0.3 is 5.97 Å². The minimum Gasteiger partial charge on any atom is -0.466 e. The lowest BCUT2D eigenvalue weighted by molar-refractivity contribution is -0.143. The maximum absolute atomic E-state index is 12.0. The summed E-state index contributed by atoms with van der Waals surface area (Å²) in [7, 11) is 0. The van der Waals surface area contributed by atoms with Gasteiger partial charge in [0.05, 0.1) is 13.0 Å². The summed E-state index contributed by atoms with van der Waals surface area (Å²) in [6.45, 7) is 2.44. The Labute approximate surface area is 126 Å². The van der Waals surface area contributed by atoms with Gasteiger partial charge in [0.15, 0.2) is 5.78 Å². The SMILES string of the molecule is CCCCOC(=O)CCC(=O)c1cc(Cl)ccc1Br. The van der Waals surface area contributed by atoms with Crippen LogP contribution in [0.25, 0.3) is 0 Å². The molecule has 0 saturated carbocycles. The summed E-state index contributed by atoms with van der Waals surface area (Å²) in [5.74, 6) is -0.457. The molecular formula is C14H16BrClO3. The van der Waals surface area contributed by atoms with Crippen molar-refractivity contribution in [1.29, 1.82) is 0 Å². The maximum Gasteiger partial charge on any atom is 0.306 e. The number of hydrogen-bond acceptors (Lipinski definition) is 3. The molecule has 0 radical (unpaired) electrons. The van der Waals surface area contributed by atoms with Gasteiger partial charge in [-0.05, 0) is 24.6 Å². The maximum atomic E-state index is 12.0. The number of carbonyl (C=O) groups excluding carboxylic acids is 2. The molecule has 19 heavy (non-hydrogen) atoms. The van der Waals surface area contributed by atoms with Crippen LogP contribution in [0.4, 0.5) is 0 Å². The van der Waals surface area contributed by atoms with Crippen molar-refractivity contribution in [3.63, 3.8) is 0 Å². The number of rotatable bonds is 7. The van der Waals surface area contributed by atoms with Gasteiger partial charge in [0, 0.05) is 21.5 Å². The fraction of sp³-hybridized carbons (Fsp3) is 0.429. The number of ketones is 1. The number of halogens is 2. The minimum atomic E-state index is -0.333. The average molecular weight is 348 g/mol. The Morgan fingerprint density at radius 2 is 2.05 bits per heavy atom. The summed E-state index contributed by atoms with van der Waals surface area (Å²) in [6.07, 6.45) is 2.05. The summed E-state index contributed by atoms with van der Waals surface area (Å²) in [4.78, 5) is 23.3. The second-order valence-corrected chi connectivity index (χ2v) is 5.41. The van der Waals surface area contributed by atoms with E-state index in [2.05, 4.69) is 15.9 Å². The van der Waals surface area contributed by atoms with Gasteiger partial charge in [-0.15, -0.1) is 0 Å². The van der Waals surface area contributed by atoms with Crippen LogP contribution in [0, 0.1) is 0 Å². The molecule has 0 saturated heterocycles. The smallest absolute Gasteiger partial charge is 0.306 e. The first-order chi connectivity index (χ1) is 9.04. The third-order valence-corrected chi connectivity index (χ3v) is 3.47. The highest BCUT2D eigenvalue weighted by Crippen LogP contribution is 2.22. The minimum absolute atomic E-state index is 0.0987. The molecule has 0 aliphatic heterocycles. The first-order valence-electron chi connectivity index (χ1n) is 6.18. The van der Waals surface area contributed by atoms with Gasteiger partial charge in [-0.1, -0.05) is 40.9 Å². The lowest BCUT2D eigenvalue weighted by Crippen LogP contribution is -2.09. The number of carbonyl (C=O) groups is 2. The van der Waals surface area contributed by atoms with Crippen LogP contribution >= 0.6 is 27.5 Å². The number of benzene rings is 1. The predicted molar refractivity (Wildman–Crippen MR) is 78.6 cm³/mol. The Balaban J connectivity index is 2.47. The summed E-state index contributed by atoms with van der Waals surface area (Å²) in [5, 5.41) is 0.497. The Kier molecular flexibility index (Phi) is 7.10. The predicted octanol–water partition coefficient (Wildman–Crippen LogP) is 4.41. The van der Waals surface area contributed by atoms with Crippen LogP contribution in [0.5, 0.6) is 0 Å². The Morgan fingerprint density at radius 1 is 1.32 bits per heavy atom. The quantitative estimate of drug-likeness (QED) is 0.417. The molecule has 1 aromatic carbocycles. The van der Waals surface area contributed by atoms with E-state index in [0.29, 0.717) is 21.7 Å². The van der Waals surface area contributed by atoms with Gasteiger partial charge in [0.25, 0.3) is 0 Å². The zero-order valence-corrected chi connectivity index (χ0v) is 13.1. The van der Waals surface area contributed by atoms with Crippen LogP contribution in [-0.4, -0.2) is 18.4 Å². The third kappa shape index (κ3) is 5.74. The van der Waals surface area contributed by atoms with E-state index in [1.165, 1.54) is 0 Å². The van der Waals surface area contributed by atoms with Crippen molar-refractivity contribution in [2.24, 2.45) is 0 Å². The second kappa shape index (κ2) is 8.33. The van der Waals surface area contributed by atoms with E-state index in [4.69, 9.17) is 16.3 Å². The van der Waals surface area contributed by atoms with Crippen molar-refractivity contribution in [1.82, 2.24) is 0 Å². The van der Waals surface area contributed by atoms with Crippen molar-refractivity contribution in [2.45, 2.75) is 32.6 Å². The first-order valence-corrected chi connectivity index (χ1v) is 7.35. The summed E-state index contributed by atoms with van der Waals surface area (Å²) in [5.41, 5.74) is 0.494. The highest BCUT2D eigenvalue weighted by Gasteiger charge is 2.13. The van der Waals surface area contributed by atoms with Gasteiger partial charge in [-0.25, -0.2) is 0 Å². The van der Waals surface area contributed by atoms with Crippen LogP contribution in [0.2, 0.25) is 5.02 Å². The molecule has 0 unspecified atom stereocenters. The highest BCUT2D eigenvalue weighted by molar-refractivity contribution is 9.10. The Bertz CT molecular complexity index is 460. The fourth-order valence-electron chi connectivity index (χ4n) is 1.46. The second-order valence-electron chi connectivity index (χ2n) is 4.12. The monoisotopic (exact) mass is 346 g/mol. The van der Waals surface area contributed by atoms with Gasteiger partial charge in [0.1, 0.15) is 0 Å². The van der Waals surface area contributed by atoms with Gasteiger partial charge < -0.3 is 4.74 Å². The Hall–Kier alpha value is -0.870. The average Bonchev–Trinajstić information content (AvgIpc) is 2.39. The van der Waals surface area contributed by atoms with Crippen molar-refractivity contribution in [3.8, 4) is 0 Å². The molecule has 104 valence electrons. The molecule has 0 fully saturated rings. The molecule has 0 atom stereocenters. The number of unbranched alkanes of at least 4 members (excludes halogenated alkanes) is 1. The highest BCUT2D eigenvalue weighted by atomic mass is 79.9. The van der Waals surface area contributed by atoms with E-state index in [1.54, 1.807) is 18.2 Å². The molecule has 0 aliphatic carbocycles. The standard InChI is InChI=1S/C14H16BrClO3/c1-2-3-8-19-14(18)7-6-13(17)11-9-10(16)4-5-12(11)15/h4-5,9H,2-3,6-8H2,1H3. The van der Waals surface area contributed by atoms with E-state index >= 15 is 0 Å². The molecule has 0 aliphatic rings. The molecule has 0 aromatic heterocycles. The summed E-state index contributed by atoms with van der Waals surface area (Å²) < 4.78 is 5.68. The summed E-state index contributed by atoms with van der Waals surface area (Å²) >= 11 is 9.14. The normalized spacial score (nSPS) is 10.3. The molecule has 0 N–H and O–H groups in total. The van der Waals surface area contributed by atoms with E-state index in [9.17, 15) is 9.59 Å². The van der Waals surface area contributed by atoms with Crippen LogP contribution in [0.1, 0.15) is 43.0 Å². The number of ether oxygens (including phenoxy) is 1. The largest absolute Gasteiger partial charge is 0.466 e. The molecule has 0 heterocycles. The number of Topliss-reactive ketones (excluding diaryl/α,β-unsaturated/α-hetero) is 1. The van der Waals surface area contributed by atoms with Crippen molar-refractivity contribution < 1.29 is 14.3 Å². The lowest BCUT2D eigenvalue weighted by atomic mass is 10.1. The Morgan fingerprint density at radius 3 is 2.74 bits per heavy atom. The van der Waals surface area contributed by atoms with E-state index in [1.807, 2.05) is 6.92 Å². The molecule has 3 nitrogen and oxygen atoms in total. The number of hydrogen-bond donors (Lipinski definition) is 0. The van der Waals surface area contributed by atoms with Gasteiger partial charge in [-0.3, -0.25) is 9.59 Å². The molecule has 1 rings (SSSR count). The van der Waals surface area contributed by atoms with Crippen LogP contribution in [0.3, 0.4) is 0 Å². The summed E-state index contributed by atoms with van der Waals surface area (Å²) in [6, 6.07) is 5.01. The van der Waals surface area contributed by atoms with Crippen molar-refractivity contribution >= 4 is 39.3 Å². The molecule has 0 spiro atoms. The molecule has 1 aromatic rings. The van der Waals surface area contributed by atoms with E-state index < -0.39 is 0 Å². The molecular weight excluding hydrogens is 332 g/mol. The molecule has 0 amide bonds. The van der Waals surface area contributed by atoms with Crippen LogP contribution in [0.15, 0.2) is 22.7 Å². The van der Waals surface area contributed by atoms with Crippen LogP contribution < -0.4 is 0 Å².